The molecule has 0 aromatic carbocycles. The van der Waals surface area contributed by atoms with Crippen LogP contribution in [0.25, 0.3) is 5.65 Å². The van der Waals surface area contributed by atoms with Gasteiger partial charge in [-0.2, -0.15) is 9.61 Å². The van der Waals surface area contributed by atoms with Crippen LogP contribution in [0.15, 0.2) is 16.9 Å². The van der Waals surface area contributed by atoms with Gasteiger partial charge in [-0.3, -0.25) is 4.21 Å². The van der Waals surface area contributed by atoms with Crippen LogP contribution in [-0.4, -0.2) is 42.1 Å². The van der Waals surface area contributed by atoms with E-state index in [1.54, 1.807) is 18.4 Å². The van der Waals surface area contributed by atoms with Crippen molar-refractivity contribution in [3.63, 3.8) is 0 Å². The number of aromatic nitrogens is 4. The highest BCUT2D eigenvalue weighted by molar-refractivity contribution is 7.84. The summed E-state index contributed by atoms with van der Waals surface area (Å²) >= 11 is 0. The van der Waals surface area contributed by atoms with Gasteiger partial charge in [-0.1, -0.05) is 0 Å². The maximum Gasteiger partial charge on any atom is 0.364 e. The van der Waals surface area contributed by atoms with Crippen LogP contribution in [0.5, 0.6) is 0 Å². The van der Waals surface area contributed by atoms with Crippen molar-refractivity contribution in [2.75, 3.05) is 17.3 Å². The molecule has 0 aliphatic rings. The summed E-state index contributed by atoms with van der Waals surface area (Å²) in [6.07, 6.45) is 1.65. The van der Waals surface area contributed by atoms with E-state index < -0.39 is 10.8 Å². The Labute approximate surface area is 99.7 Å². The van der Waals surface area contributed by atoms with Crippen molar-refractivity contribution in [2.45, 2.75) is 13.0 Å². The van der Waals surface area contributed by atoms with Crippen LogP contribution in [0.2, 0.25) is 0 Å². The van der Waals surface area contributed by atoms with Gasteiger partial charge in [0.15, 0.2) is 5.65 Å². The molecule has 8 heteroatoms. The quantitative estimate of drug-likeness (QED) is 0.775. The number of H-pyrrole nitrogens is 1. The van der Waals surface area contributed by atoms with E-state index in [1.807, 2.05) is 6.92 Å². The molecule has 2 aromatic heterocycles. The van der Waals surface area contributed by atoms with Gasteiger partial charge in [-0.15, -0.1) is 5.10 Å². The smallest absolute Gasteiger partial charge is 0.364 e. The highest BCUT2D eigenvalue weighted by Crippen LogP contribution is 2.05. The van der Waals surface area contributed by atoms with Gasteiger partial charge in [0.2, 0.25) is 0 Å². The number of hydrogen-bond acceptors (Lipinski definition) is 5. The molecule has 0 saturated heterocycles. The Morgan fingerprint density at radius 1 is 1.59 bits per heavy atom. The Hall–Kier alpha value is -1.70. The van der Waals surface area contributed by atoms with E-state index in [0.29, 0.717) is 17.2 Å². The largest absolute Gasteiger partial charge is 0.365 e. The first kappa shape index (κ1) is 11.8. The molecule has 0 radical (unpaired) electrons. The lowest BCUT2D eigenvalue weighted by Gasteiger charge is -2.12. The lowest BCUT2D eigenvalue weighted by molar-refractivity contribution is 0.682. The third kappa shape index (κ3) is 2.70. The minimum absolute atomic E-state index is 0.0217. The lowest BCUT2D eigenvalue weighted by atomic mass is 10.4. The first-order valence-electron chi connectivity index (χ1n) is 5.07. The zero-order valence-electron chi connectivity index (χ0n) is 9.51. The molecule has 0 aliphatic carbocycles. The van der Waals surface area contributed by atoms with Crippen LogP contribution in [-0.2, 0) is 10.8 Å². The third-order valence-electron chi connectivity index (χ3n) is 2.15. The molecule has 2 unspecified atom stereocenters. The van der Waals surface area contributed by atoms with Gasteiger partial charge >= 0.3 is 5.69 Å². The van der Waals surface area contributed by atoms with Gasteiger partial charge in [-0.25, -0.2) is 9.89 Å². The maximum absolute atomic E-state index is 11.3. The molecule has 0 amide bonds. The Bertz CT molecular complexity index is 605. The average Bonchev–Trinajstić information content (AvgIpc) is 2.59. The molecular formula is C9H13N5O2S. The molecule has 0 spiro atoms. The molecule has 17 heavy (non-hydrogen) atoms. The molecule has 0 saturated carbocycles. The van der Waals surface area contributed by atoms with Crippen molar-refractivity contribution in [1.29, 1.82) is 0 Å². The van der Waals surface area contributed by atoms with Crippen LogP contribution in [0, 0.1) is 0 Å². The molecular weight excluding hydrogens is 242 g/mol. The predicted octanol–water partition coefficient (Wildman–Crippen LogP) is -0.403. The second-order valence-electron chi connectivity index (χ2n) is 3.80. The Kier molecular flexibility index (Phi) is 3.23. The second kappa shape index (κ2) is 4.66. The Morgan fingerprint density at radius 2 is 2.35 bits per heavy atom. The number of hydrogen-bond donors (Lipinski definition) is 2. The van der Waals surface area contributed by atoms with Crippen LogP contribution in [0.4, 0.5) is 5.82 Å². The summed E-state index contributed by atoms with van der Waals surface area (Å²) in [4.78, 5) is 11.3. The number of anilines is 1. The van der Waals surface area contributed by atoms with Gasteiger partial charge in [0.05, 0.1) is 0 Å². The van der Waals surface area contributed by atoms with E-state index >= 15 is 0 Å². The molecule has 2 N–H and O–H groups in total. The number of nitrogens with one attached hydrogen (secondary N) is 2. The summed E-state index contributed by atoms with van der Waals surface area (Å²) < 4.78 is 12.2. The molecule has 0 bridgehead atoms. The Morgan fingerprint density at radius 3 is 3.06 bits per heavy atom. The SMILES string of the molecule is CC(CS(C)=O)Nc1ccc2n[nH]c(=O)n2n1. The van der Waals surface area contributed by atoms with Crippen LogP contribution in [0.3, 0.4) is 0 Å². The zero-order chi connectivity index (χ0) is 12.4. The van der Waals surface area contributed by atoms with Crippen molar-refractivity contribution in [3.05, 3.63) is 22.6 Å². The topological polar surface area (TPSA) is 92.1 Å². The number of nitrogens with zero attached hydrogens (tertiary/aromatic N) is 3. The number of aromatic amines is 1. The normalized spacial score (nSPS) is 14.7. The fourth-order valence-corrected chi connectivity index (χ4v) is 2.31. The molecule has 2 rings (SSSR count). The monoisotopic (exact) mass is 255 g/mol. The highest BCUT2D eigenvalue weighted by atomic mass is 32.2. The van der Waals surface area contributed by atoms with Gasteiger partial charge in [0.25, 0.3) is 0 Å². The number of fused-ring (bicyclic) bond motifs is 1. The van der Waals surface area contributed by atoms with Gasteiger partial charge in [-0.05, 0) is 19.1 Å². The fourth-order valence-electron chi connectivity index (χ4n) is 1.53. The summed E-state index contributed by atoms with van der Waals surface area (Å²) in [5.41, 5.74) is 0.0858. The summed E-state index contributed by atoms with van der Waals surface area (Å²) in [5.74, 6) is 1.08. The van der Waals surface area contributed by atoms with E-state index in [4.69, 9.17) is 0 Å². The van der Waals surface area contributed by atoms with Crippen LogP contribution < -0.4 is 11.0 Å². The molecule has 92 valence electrons. The first-order chi connectivity index (χ1) is 8.06. The molecule has 2 heterocycles. The standard InChI is InChI=1S/C9H13N5O2S/c1-6(5-17(2)16)10-7-3-4-8-11-12-9(15)14(8)13-7/h3-4,6H,5H2,1-2H3,(H,10,13)(H,12,15). The lowest BCUT2D eigenvalue weighted by Crippen LogP contribution is -2.24. The Balaban J connectivity index is 2.21. The van der Waals surface area contributed by atoms with Gasteiger partial charge in [0.1, 0.15) is 5.82 Å². The molecule has 7 nitrogen and oxygen atoms in total. The van der Waals surface area contributed by atoms with E-state index in [-0.39, 0.29) is 11.7 Å². The van der Waals surface area contributed by atoms with Gasteiger partial charge < -0.3 is 5.32 Å². The number of rotatable bonds is 4. The summed E-state index contributed by atoms with van der Waals surface area (Å²) in [5, 5.41) is 13.2. The third-order valence-corrected chi connectivity index (χ3v) is 3.12. The van der Waals surface area contributed by atoms with Crippen LogP contribution >= 0.6 is 0 Å². The predicted molar refractivity (Wildman–Crippen MR) is 65.6 cm³/mol. The van der Waals surface area contributed by atoms with E-state index in [1.165, 1.54) is 4.52 Å². The van der Waals surface area contributed by atoms with Crippen molar-refractivity contribution < 1.29 is 4.21 Å². The molecule has 0 fully saturated rings. The van der Waals surface area contributed by atoms with E-state index in [9.17, 15) is 9.00 Å². The van der Waals surface area contributed by atoms with Crippen molar-refractivity contribution in [3.8, 4) is 0 Å². The fraction of sp³-hybridized carbons (Fsp3) is 0.444. The summed E-state index contributed by atoms with van der Waals surface area (Å²) in [7, 11) is -0.870. The highest BCUT2D eigenvalue weighted by Gasteiger charge is 2.07. The minimum atomic E-state index is -0.870. The zero-order valence-corrected chi connectivity index (χ0v) is 10.3. The average molecular weight is 255 g/mol. The maximum atomic E-state index is 11.3. The summed E-state index contributed by atoms with van der Waals surface area (Å²) in [6, 6.07) is 3.43. The molecule has 2 aromatic rings. The van der Waals surface area contributed by atoms with Crippen molar-refractivity contribution in [2.24, 2.45) is 0 Å². The van der Waals surface area contributed by atoms with Gasteiger partial charge in [0, 0.05) is 28.9 Å². The minimum Gasteiger partial charge on any atom is -0.365 e. The first-order valence-corrected chi connectivity index (χ1v) is 6.80. The van der Waals surface area contributed by atoms with E-state index in [0.717, 1.165) is 0 Å². The van der Waals surface area contributed by atoms with E-state index in [2.05, 4.69) is 20.6 Å². The van der Waals surface area contributed by atoms with Crippen molar-refractivity contribution in [1.82, 2.24) is 19.8 Å². The van der Waals surface area contributed by atoms with Crippen molar-refractivity contribution >= 4 is 22.3 Å². The summed E-state index contributed by atoms with van der Waals surface area (Å²) in [6.45, 7) is 1.91. The molecule has 0 aliphatic heterocycles. The van der Waals surface area contributed by atoms with Crippen LogP contribution in [0.1, 0.15) is 6.92 Å². The second-order valence-corrected chi connectivity index (χ2v) is 5.28. The molecule has 2 atom stereocenters.